The van der Waals surface area contributed by atoms with Gasteiger partial charge in [0.05, 0.1) is 10.4 Å². The zero-order valence-corrected chi connectivity index (χ0v) is 13.4. The van der Waals surface area contributed by atoms with Gasteiger partial charge >= 0.3 is 5.63 Å². The number of thiophene rings is 1. The van der Waals surface area contributed by atoms with Crippen LogP contribution in [0.25, 0.3) is 21.2 Å². The zero-order valence-electron chi connectivity index (χ0n) is 11.9. The first kappa shape index (κ1) is 14.2. The van der Waals surface area contributed by atoms with Gasteiger partial charge in [0.25, 0.3) is 0 Å². The molecule has 0 unspecified atom stereocenters. The van der Waals surface area contributed by atoms with E-state index >= 15 is 0 Å². The first-order chi connectivity index (χ1) is 11.1. The number of benzene rings is 1. The molecule has 1 aromatic carbocycles. The van der Waals surface area contributed by atoms with Crippen LogP contribution in [0.1, 0.15) is 5.56 Å². The molecule has 0 fully saturated rings. The molecule has 3 heterocycles. The second-order valence-corrected chi connectivity index (χ2v) is 6.25. The molecule has 0 atom stereocenters. The highest BCUT2D eigenvalue weighted by Gasteiger charge is 2.13. The van der Waals surface area contributed by atoms with Crippen LogP contribution in [0, 0.1) is 6.92 Å². The summed E-state index contributed by atoms with van der Waals surface area (Å²) in [6.45, 7) is 1.83. The van der Waals surface area contributed by atoms with Crippen LogP contribution in [0.5, 0.6) is 11.6 Å². The molecule has 0 bridgehead atoms. The lowest BCUT2D eigenvalue weighted by molar-refractivity contribution is 0.467. The van der Waals surface area contributed by atoms with Crippen molar-refractivity contribution in [3.63, 3.8) is 0 Å². The van der Waals surface area contributed by atoms with Crippen LogP contribution in [0.15, 0.2) is 45.2 Å². The molecule has 0 amide bonds. The second-order valence-electron chi connectivity index (χ2n) is 4.95. The van der Waals surface area contributed by atoms with Gasteiger partial charge in [-0.1, -0.05) is 11.6 Å². The molecule has 5 nitrogen and oxygen atoms in total. The van der Waals surface area contributed by atoms with E-state index in [1.807, 2.05) is 18.4 Å². The third kappa shape index (κ3) is 2.46. The highest BCUT2D eigenvalue weighted by atomic mass is 35.5. The highest BCUT2D eigenvalue weighted by molar-refractivity contribution is 7.16. The van der Waals surface area contributed by atoms with Crippen molar-refractivity contribution in [3.8, 4) is 11.6 Å². The number of halogens is 1. The van der Waals surface area contributed by atoms with Crippen LogP contribution >= 0.6 is 22.9 Å². The molecule has 3 aromatic heterocycles. The van der Waals surface area contributed by atoms with E-state index in [4.69, 9.17) is 20.8 Å². The molecule has 23 heavy (non-hydrogen) atoms. The highest BCUT2D eigenvalue weighted by Crippen LogP contribution is 2.36. The Morgan fingerprint density at radius 3 is 2.96 bits per heavy atom. The summed E-state index contributed by atoms with van der Waals surface area (Å²) in [7, 11) is 0. The topological polar surface area (TPSA) is 65.2 Å². The van der Waals surface area contributed by atoms with Gasteiger partial charge in [-0.05, 0) is 30.0 Å². The normalized spacial score (nSPS) is 11.2. The summed E-state index contributed by atoms with van der Waals surface area (Å²) < 4.78 is 11.1. The fourth-order valence-electron chi connectivity index (χ4n) is 2.35. The van der Waals surface area contributed by atoms with Gasteiger partial charge in [0, 0.05) is 17.5 Å². The average Bonchev–Trinajstić information content (AvgIpc) is 2.98. The quantitative estimate of drug-likeness (QED) is 0.499. The Morgan fingerprint density at radius 1 is 1.22 bits per heavy atom. The number of nitrogens with zero attached hydrogens (tertiary/aromatic N) is 2. The lowest BCUT2D eigenvalue weighted by Crippen LogP contribution is -1.98. The SMILES string of the molecule is Cc1cc(=O)oc2cc(Oc3ncnc4sccc34)c(Cl)cc12. The maximum atomic E-state index is 11.5. The molecule has 0 aliphatic heterocycles. The number of ether oxygens (including phenoxy) is 1. The predicted molar refractivity (Wildman–Crippen MR) is 89.7 cm³/mol. The Hall–Kier alpha value is -2.44. The fourth-order valence-corrected chi connectivity index (χ4v) is 3.28. The number of fused-ring (bicyclic) bond motifs is 2. The summed E-state index contributed by atoms with van der Waals surface area (Å²) in [6.07, 6.45) is 1.44. The van der Waals surface area contributed by atoms with Crippen molar-refractivity contribution in [2.75, 3.05) is 0 Å². The summed E-state index contributed by atoms with van der Waals surface area (Å²) in [5, 5.41) is 3.90. The van der Waals surface area contributed by atoms with Gasteiger partial charge in [-0.15, -0.1) is 11.3 Å². The number of aryl methyl sites for hydroxylation is 1. The Kier molecular flexibility index (Phi) is 3.28. The van der Waals surface area contributed by atoms with Crippen molar-refractivity contribution in [2.45, 2.75) is 6.92 Å². The van der Waals surface area contributed by atoms with Crippen molar-refractivity contribution >= 4 is 44.1 Å². The van der Waals surface area contributed by atoms with Gasteiger partial charge in [0.2, 0.25) is 5.88 Å². The van der Waals surface area contributed by atoms with E-state index in [1.54, 1.807) is 12.1 Å². The minimum absolute atomic E-state index is 0.374. The van der Waals surface area contributed by atoms with Crippen LogP contribution in [0.3, 0.4) is 0 Å². The summed E-state index contributed by atoms with van der Waals surface area (Å²) in [4.78, 5) is 20.7. The zero-order chi connectivity index (χ0) is 16.0. The fraction of sp³-hybridized carbons (Fsp3) is 0.0625. The van der Waals surface area contributed by atoms with E-state index in [9.17, 15) is 4.79 Å². The minimum atomic E-state index is -0.412. The number of rotatable bonds is 2. The monoisotopic (exact) mass is 344 g/mol. The summed E-state index contributed by atoms with van der Waals surface area (Å²) in [5.41, 5.74) is 0.808. The van der Waals surface area contributed by atoms with Gasteiger partial charge in [0.15, 0.2) is 5.75 Å². The Balaban J connectivity index is 1.87. The van der Waals surface area contributed by atoms with Crippen LogP contribution in [-0.2, 0) is 0 Å². The third-order valence-electron chi connectivity index (χ3n) is 3.44. The Morgan fingerprint density at radius 2 is 2.09 bits per heavy atom. The average molecular weight is 345 g/mol. The van der Waals surface area contributed by atoms with Gasteiger partial charge in [-0.25, -0.2) is 14.8 Å². The molecule has 0 aliphatic rings. The standard InChI is InChI=1S/C16H9ClN2O3S/c1-8-4-14(20)21-12-6-13(11(17)5-10(8)12)22-15-9-2-3-23-16(9)19-7-18-15/h2-7H,1H3. The maximum Gasteiger partial charge on any atom is 0.336 e. The molecule has 0 saturated carbocycles. The first-order valence-corrected chi connectivity index (χ1v) is 7.97. The van der Waals surface area contributed by atoms with Crippen molar-refractivity contribution in [3.05, 3.63) is 57.0 Å². The van der Waals surface area contributed by atoms with Gasteiger partial charge in [-0.3, -0.25) is 0 Å². The smallest absolute Gasteiger partial charge is 0.336 e. The Bertz CT molecular complexity index is 1100. The van der Waals surface area contributed by atoms with Crippen molar-refractivity contribution in [1.82, 2.24) is 9.97 Å². The lowest BCUT2D eigenvalue weighted by atomic mass is 10.1. The second kappa shape index (κ2) is 5.33. The number of hydrogen-bond donors (Lipinski definition) is 0. The molecular formula is C16H9ClN2O3S. The lowest BCUT2D eigenvalue weighted by Gasteiger charge is -2.09. The molecular weight excluding hydrogens is 336 g/mol. The molecule has 0 aliphatic carbocycles. The summed E-state index contributed by atoms with van der Waals surface area (Å²) in [6, 6.07) is 6.63. The predicted octanol–water partition coefficient (Wildman–Crippen LogP) is 4.55. The molecule has 4 rings (SSSR count). The minimum Gasteiger partial charge on any atom is -0.437 e. The van der Waals surface area contributed by atoms with Crippen molar-refractivity contribution < 1.29 is 9.15 Å². The summed E-state index contributed by atoms with van der Waals surface area (Å²) >= 11 is 7.80. The van der Waals surface area contributed by atoms with E-state index in [2.05, 4.69) is 9.97 Å². The van der Waals surface area contributed by atoms with E-state index in [0.29, 0.717) is 22.2 Å². The van der Waals surface area contributed by atoms with Gasteiger partial charge < -0.3 is 9.15 Å². The van der Waals surface area contributed by atoms with E-state index in [-0.39, 0.29) is 0 Å². The van der Waals surface area contributed by atoms with E-state index in [0.717, 1.165) is 21.2 Å². The van der Waals surface area contributed by atoms with Crippen LogP contribution in [-0.4, -0.2) is 9.97 Å². The maximum absolute atomic E-state index is 11.5. The summed E-state index contributed by atoms with van der Waals surface area (Å²) in [5.74, 6) is 0.784. The number of hydrogen-bond acceptors (Lipinski definition) is 6. The molecule has 4 aromatic rings. The third-order valence-corrected chi connectivity index (χ3v) is 4.55. The largest absolute Gasteiger partial charge is 0.437 e. The molecule has 0 saturated heterocycles. The number of aromatic nitrogens is 2. The molecule has 0 spiro atoms. The van der Waals surface area contributed by atoms with Crippen LogP contribution in [0.2, 0.25) is 5.02 Å². The first-order valence-electron chi connectivity index (χ1n) is 6.72. The van der Waals surface area contributed by atoms with Crippen molar-refractivity contribution in [1.29, 1.82) is 0 Å². The molecule has 0 radical (unpaired) electrons. The van der Waals surface area contributed by atoms with Crippen LogP contribution in [0.4, 0.5) is 0 Å². The van der Waals surface area contributed by atoms with Crippen molar-refractivity contribution in [2.24, 2.45) is 0 Å². The molecule has 0 N–H and O–H groups in total. The molecule has 114 valence electrons. The van der Waals surface area contributed by atoms with Gasteiger partial charge in [-0.2, -0.15) is 0 Å². The Labute approximate surface area is 139 Å². The van der Waals surface area contributed by atoms with E-state index < -0.39 is 5.63 Å². The van der Waals surface area contributed by atoms with Crippen LogP contribution < -0.4 is 10.4 Å². The molecule has 7 heteroatoms. The van der Waals surface area contributed by atoms with Gasteiger partial charge in [0.1, 0.15) is 16.7 Å². The van der Waals surface area contributed by atoms with E-state index in [1.165, 1.54) is 23.7 Å².